The second-order valence-corrected chi connectivity index (χ2v) is 5.37. The number of benzene rings is 2. The zero-order valence-corrected chi connectivity index (χ0v) is 13.1. The Bertz CT molecular complexity index is 594. The van der Waals surface area contributed by atoms with E-state index in [0.717, 1.165) is 22.6 Å². The molecule has 0 saturated heterocycles. The van der Waals surface area contributed by atoms with E-state index in [2.05, 4.69) is 12.6 Å². The monoisotopic (exact) mass is 324 g/mol. The van der Waals surface area contributed by atoms with Crippen LogP contribution in [0.4, 0.5) is 0 Å². The maximum atomic E-state index is 5.96. The predicted octanol–water partition coefficient (Wildman–Crippen LogP) is 5.52. The van der Waals surface area contributed by atoms with Crippen LogP contribution in [-0.2, 0) is 6.61 Å². The van der Waals surface area contributed by atoms with Crippen LogP contribution in [0.1, 0.15) is 11.1 Å². The van der Waals surface area contributed by atoms with Gasteiger partial charge >= 0.3 is 0 Å². The fourth-order valence-electron chi connectivity index (χ4n) is 1.66. The Morgan fingerprint density at radius 3 is 2.40 bits per heavy atom. The molecule has 0 aliphatic carbocycles. The van der Waals surface area contributed by atoms with Crippen molar-refractivity contribution in [3.63, 3.8) is 0 Å². The summed E-state index contributed by atoms with van der Waals surface area (Å²) in [5.74, 6) is 1.55. The van der Waals surface area contributed by atoms with Crippen molar-refractivity contribution in [2.75, 3.05) is 5.75 Å². The van der Waals surface area contributed by atoms with E-state index in [1.54, 1.807) is 6.07 Å². The lowest BCUT2D eigenvalue weighted by Crippen LogP contribution is -1.95. The van der Waals surface area contributed by atoms with Crippen LogP contribution in [0.3, 0.4) is 0 Å². The lowest BCUT2D eigenvalue weighted by Gasteiger charge is -2.07. The summed E-state index contributed by atoms with van der Waals surface area (Å²) in [4.78, 5) is 0. The number of thiol groups is 1. The van der Waals surface area contributed by atoms with Crippen molar-refractivity contribution < 1.29 is 4.74 Å². The molecule has 0 aromatic heterocycles. The SMILES string of the molecule is SCC=Cc1ccc(OCc2ccc(Cl)c(Cl)c2)cc1. The Morgan fingerprint density at radius 2 is 1.75 bits per heavy atom. The molecular weight excluding hydrogens is 311 g/mol. The van der Waals surface area contributed by atoms with Gasteiger partial charge in [-0.05, 0) is 35.4 Å². The molecule has 1 nitrogen and oxygen atoms in total. The summed E-state index contributed by atoms with van der Waals surface area (Å²) >= 11 is 16.0. The van der Waals surface area contributed by atoms with Gasteiger partial charge in [0.15, 0.2) is 0 Å². The highest BCUT2D eigenvalue weighted by atomic mass is 35.5. The highest BCUT2D eigenvalue weighted by molar-refractivity contribution is 7.80. The van der Waals surface area contributed by atoms with Gasteiger partial charge in [-0.15, -0.1) is 0 Å². The zero-order chi connectivity index (χ0) is 14.4. The number of hydrogen-bond donors (Lipinski definition) is 1. The number of hydrogen-bond acceptors (Lipinski definition) is 2. The van der Waals surface area contributed by atoms with Gasteiger partial charge < -0.3 is 4.74 Å². The van der Waals surface area contributed by atoms with E-state index in [-0.39, 0.29) is 0 Å². The summed E-state index contributed by atoms with van der Waals surface area (Å²) in [6.07, 6.45) is 4.02. The lowest BCUT2D eigenvalue weighted by molar-refractivity contribution is 0.306. The maximum Gasteiger partial charge on any atom is 0.119 e. The first kappa shape index (κ1) is 15.3. The van der Waals surface area contributed by atoms with Gasteiger partial charge in [-0.2, -0.15) is 12.6 Å². The van der Waals surface area contributed by atoms with Crippen molar-refractivity contribution in [2.24, 2.45) is 0 Å². The fraction of sp³-hybridized carbons (Fsp3) is 0.125. The van der Waals surface area contributed by atoms with Crippen molar-refractivity contribution in [3.8, 4) is 5.75 Å². The topological polar surface area (TPSA) is 9.23 Å². The van der Waals surface area contributed by atoms with Gasteiger partial charge in [0.1, 0.15) is 12.4 Å². The van der Waals surface area contributed by atoms with E-state index in [4.69, 9.17) is 27.9 Å². The standard InChI is InChI=1S/C16H14Cl2OS/c17-15-8-5-13(10-16(15)18)11-19-14-6-3-12(4-7-14)2-1-9-20/h1-8,10,20H,9,11H2. The molecule has 0 N–H and O–H groups in total. The van der Waals surface area contributed by atoms with Crippen LogP contribution in [0.15, 0.2) is 48.5 Å². The van der Waals surface area contributed by atoms with Crippen LogP contribution in [0.2, 0.25) is 10.0 Å². The van der Waals surface area contributed by atoms with E-state index in [9.17, 15) is 0 Å². The van der Waals surface area contributed by atoms with Gasteiger partial charge in [0.25, 0.3) is 0 Å². The third-order valence-electron chi connectivity index (χ3n) is 2.69. The van der Waals surface area contributed by atoms with Crippen LogP contribution >= 0.6 is 35.8 Å². The molecule has 0 spiro atoms. The summed E-state index contributed by atoms with van der Waals surface area (Å²) in [7, 11) is 0. The number of ether oxygens (including phenoxy) is 1. The maximum absolute atomic E-state index is 5.96. The van der Waals surface area contributed by atoms with E-state index in [1.165, 1.54) is 0 Å². The summed E-state index contributed by atoms with van der Waals surface area (Å²) in [5.41, 5.74) is 2.11. The molecule has 4 heteroatoms. The lowest BCUT2D eigenvalue weighted by atomic mass is 10.2. The molecule has 0 aliphatic rings. The Labute approximate surface area is 134 Å². The molecule has 104 valence electrons. The van der Waals surface area contributed by atoms with Gasteiger partial charge in [-0.3, -0.25) is 0 Å². The minimum atomic E-state index is 0.461. The first-order valence-electron chi connectivity index (χ1n) is 6.13. The minimum Gasteiger partial charge on any atom is -0.489 e. The fourth-order valence-corrected chi connectivity index (χ4v) is 2.09. The van der Waals surface area contributed by atoms with Gasteiger partial charge in [-0.1, -0.05) is 53.6 Å². The Hall–Kier alpha value is -1.09. The minimum absolute atomic E-state index is 0.461. The molecule has 20 heavy (non-hydrogen) atoms. The van der Waals surface area contributed by atoms with Crippen LogP contribution in [-0.4, -0.2) is 5.75 Å². The first-order valence-corrected chi connectivity index (χ1v) is 7.52. The highest BCUT2D eigenvalue weighted by Gasteiger charge is 2.00. The highest BCUT2D eigenvalue weighted by Crippen LogP contribution is 2.23. The predicted molar refractivity (Wildman–Crippen MR) is 90.1 cm³/mol. The van der Waals surface area contributed by atoms with E-state index in [1.807, 2.05) is 48.6 Å². The molecule has 2 rings (SSSR count). The van der Waals surface area contributed by atoms with Crippen LogP contribution in [0, 0.1) is 0 Å². The average molecular weight is 325 g/mol. The van der Waals surface area contributed by atoms with Crippen LogP contribution in [0.5, 0.6) is 5.75 Å². The van der Waals surface area contributed by atoms with E-state index < -0.39 is 0 Å². The molecule has 2 aromatic rings. The quantitative estimate of drug-likeness (QED) is 0.713. The summed E-state index contributed by atoms with van der Waals surface area (Å²) < 4.78 is 5.71. The summed E-state index contributed by atoms with van der Waals surface area (Å²) in [5, 5.41) is 1.09. The molecule has 0 saturated carbocycles. The first-order chi connectivity index (χ1) is 9.69. The second-order valence-electron chi connectivity index (χ2n) is 4.19. The third kappa shape index (κ3) is 4.48. The Morgan fingerprint density at radius 1 is 1.00 bits per heavy atom. The number of rotatable bonds is 5. The molecule has 0 heterocycles. The molecular formula is C16H14Cl2OS. The number of halogens is 2. The van der Waals surface area contributed by atoms with Gasteiger partial charge in [-0.25, -0.2) is 0 Å². The molecule has 0 radical (unpaired) electrons. The normalized spacial score (nSPS) is 10.9. The molecule has 0 fully saturated rings. The van der Waals surface area contributed by atoms with Gasteiger partial charge in [0.2, 0.25) is 0 Å². The van der Waals surface area contributed by atoms with Crippen molar-refractivity contribution in [1.29, 1.82) is 0 Å². The van der Waals surface area contributed by atoms with Crippen molar-refractivity contribution in [1.82, 2.24) is 0 Å². The average Bonchev–Trinajstić information content (AvgIpc) is 2.47. The van der Waals surface area contributed by atoms with Crippen LogP contribution < -0.4 is 4.74 Å². The van der Waals surface area contributed by atoms with E-state index in [0.29, 0.717) is 16.7 Å². The van der Waals surface area contributed by atoms with Crippen molar-refractivity contribution in [3.05, 3.63) is 69.7 Å². The molecule has 2 aromatic carbocycles. The molecule has 0 amide bonds. The van der Waals surface area contributed by atoms with E-state index >= 15 is 0 Å². The van der Waals surface area contributed by atoms with Crippen molar-refractivity contribution in [2.45, 2.75) is 6.61 Å². The smallest absolute Gasteiger partial charge is 0.119 e. The molecule has 0 unspecified atom stereocenters. The van der Waals surface area contributed by atoms with Gasteiger partial charge in [0.05, 0.1) is 10.0 Å². The molecule has 0 atom stereocenters. The van der Waals surface area contributed by atoms with Crippen molar-refractivity contribution >= 4 is 41.9 Å². The zero-order valence-electron chi connectivity index (χ0n) is 10.7. The summed E-state index contributed by atoms with van der Waals surface area (Å²) in [6, 6.07) is 13.4. The molecule has 0 bridgehead atoms. The second kappa shape index (κ2) is 7.63. The third-order valence-corrected chi connectivity index (χ3v) is 3.64. The Balaban J connectivity index is 1.96. The molecule has 0 aliphatic heterocycles. The summed E-state index contributed by atoms with van der Waals surface area (Å²) in [6.45, 7) is 0.461. The Kier molecular flexibility index (Phi) is 5.84. The van der Waals surface area contributed by atoms with Gasteiger partial charge in [0, 0.05) is 5.75 Å². The largest absolute Gasteiger partial charge is 0.489 e. The van der Waals surface area contributed by atoms with Crippen LogP contribution in [0.25, 0.3) is 6.08 Å².